The number of nitro benzene ring substituents is 1. The molecule has 0 spiro atoms. The number of benzene rings is 2. The van der Waals surface area contributed by atoms with Crippen molar-refractivity contribution >= 4 is 17.1 Å². The van der Waals surface area contributed by atoms with Crippen molar-refractivity contribution < 1.29 is 9.31 Å². The SMILES string of the molecule is CN(Cc1ccccc1F)c1cc(NN)cc([N+](=O)[O-])c1. The number of nitro groups is 1. The number of nitrogens with two attached hydrogens (primary N) is 1. The van der Waals surface area contributed by atoms with E-state index in [0.29, 0.717) is 16.9 Å². The number of hydrazine groups is 1. The zero-order chi connectivity index (χ0) is 15.4. The molecule has 0 unspecified atom stereocenters. The molecule has 110 valence electrons. The lowest BCUT2D eigenvalue weighted by atomic mass is 10.2. The molecule has 2 aromatic rings. The first kappa shape index (κ1) is 14.7. The highest BCUT2D eigenvalue weighted by atomic mass is 19.1. The third kappa shape index (κ3) is 3.46. The topological polar surface area (TPSA) is 84.4 Å². The molecular weight excluding hydrogens is 275 g/mol. The van der Waals surface area contributed by atoms with Gasteiger partial charge in [0.05, 0.1) is 10.6 Å². The molecule has 0 aromatic heterocycles. The van der Waals surface area contributed by atoms with Crippen LogP contribution >= 0.6 is 0 Å². The first-order valence-electron chi connectivity index (χ1n) is 6.22. The summed E-state index contributed by atoms with van der Waals surface area (Å²) >= 11 is 0. The van der Waals surface area contributed by atoms with Crippen molar-refractivity contribution in [3.05, 3.63) is 64.0 Å². The van der Waals surface area contributed by atoms with Gasteiger partial charge in [0.25, 0.3) is 5.69 Å². The van der Waals surface area contributed by atoms with E-state index in [9.17, 15) is 14.5 Å². The standard InChI is InChI=1S/C14H15FN4O2/c1-18(9-10-4-2-3-5-14(10)15)12-6-11(17-16)7-13(8-12)19(20)21/h2-8,17H,9,16H2,1H3. The Balaban J connectivity index is 2.30. The maximum Gasteiger partial charge on any atom is 0.273 e. The summed E-state index contributed by atoms with van der Waals surface area (Å²) in [4.78, 5) is 12.1. The highest BCUT2D eigenvalue weighted by Gasteiger charge is 2.13. The van der Waals surface area contributed by atoms with Crippen LogP contribution in [0, 0.1) is 15.9 Å². The maximum absolute atomic E-state index is 13.7. The van der Waals surface area contributed by atoms with Gasteiger partial charge in [-0.25, -0.2) is 4.39 Å². The van der Waals surface area contributed by atoms with Crippen LogP contribution in [-0.4, -0.2) is 12.0 Å². The summed E-state index contributed by atoms with van der Waals surface area (Å²) in [6, 6.07) is 10.8. The van der Waals surface area contributed by atoms with Crippen LogP contribution in [0.15, 0.2) is 42.5 Å². The molecule has 0 saturated heterocycles. The van der Waals surface area contributed by atoms with E-state index in [1.807, 2.05) is 0 Å². The van der Waals surface area contributed by atoms with E-state index in [2.05, 4.69) is 5.43 Å². The van der Waals surface area contributed by atoms with Gasteiger partial charge in [0.2, 0.25) is 0 Å². The summed E-state index contributed by atoms with van der Waals surface area (Å²) in [5.41, 5.74) is 3.80. The van der Waals surface area contributed by atoms with E-state index in [1.165, 1.54) is 18.2 Å². The average molecular weight is 290 g/mol. The second-order valence-electron chi connectivity index (χ2n) is 4.59. The Hall–Kier alpha value is -2.67. The molecule has 2 rings (SSSR count). The zero-order valence-corrected chi connectivity index (χ0v) is 11.4. The van der Waals surface area contributed by atoms with Crippen LogP contribution in [0.3, 0.4) is 0 Å². The van der Waals surface area contributed by atoms with Crippen molar-refractivity contribution in [2.45, 2.75) is 6.54 Å². The van der Waals surface area contributed by atoms with Gasteiger partial charge in [-0.05, 0) is 12.1 Å². The number of hydrogen-bond donors (Lipinski definition) is 2. The average Bonchev–Trinajstić information content (AvgIpc) is 2.49. The minimum Gasteiger partial charge on any atom is -0.370 e. The molecule has 6 nitrogen and oxygen atoms in total. The lowest BCUT2D eigenvalue weighted by Gasteiger charge is -2.20. The summed E-state index contributed by atoms with van der Waals surface area (Å²) in [6.07, 6.45) is 0. The summed E-state index contributed by atoms with van der Waals surface area (Å²) in [6.45, 7) is 0.290. The number of nitrogens with zero attached hydrogens (tertiary/aromatic N) is 2. The normalized spacial score (nSPS) is 10.2. The Kier molecular flexibility index (Phi) is 4.34. The summed E-state index contributed by atoms with van der Waals surface area (Å²) < 4.78 is 13.7. The molecule has 0 fully saturated rings. The summed E-state index contributed by atoms with van der Waals surface area (Å²) in [5, 5.41) is 10.9. The van der Waals surface area contributed by atoms with Crippen molar-refractivity contribution in [2.24, 2.45) is 5.84 Å². The molecule has 3 N–H and O–H groups in total. The Labute approximate surface area is 121 Å². The second kappa shape index (κ2) is 6.19. The van der Waals surface area contributed by atoms with E-state index < -0.39 is 4.92 Å². The Morgan fingerprint density at radius 2 is 2.05 bits per heavy atom. The molecule has 2 aromatic carbocycles. The van der Waals surface area contributed by atoms with E-state index in [0.717, 1.165) is 0 Å². The highest BCUT2D eigenvalue weighted by Crippen LogP contribution is 2.27. The van der Waals surface area contributed by atoms with Crippen molar-refractivity contribution in [3.8, 4) is 0 Å². The van der Waals surface area contributed by atoms with Crippen LogP contribution in [0.1, 0.15) is 5.56 Å². The van der Waals surface area contributed by atoms with Gasteiger partial charge in [-0.1, -0.05) is 18.2 Å². The van der Waals surface area contributed by atoms with E-state index >= 15 is 0 Å². The van der Waals surface area contributed by atoms with Gasteiger partial charge in [0, 0.05) is 37.0 Å². The molecule has 21 heavy (non-hydrogen) atoms. The number of rotatable bonds is 5. The van der Waals surface area contributed by atoms with E-state index in [1.54, 1.807) is 36.2 Å². The molecule has 0 amide bonds. The van der Waals surface area contributed by atoms with Gasteiger partial charge < -0.3 is 10.3 Å². The van der Waals surface area contributed by atoms with Crippen LogP contribution in [0.5, 0.6) is 0 Å². The molecule has 0 radical (unpaired) electrons. The predicted molar refractivity (Wildman–Crippen MR) is 79.4 cm³/mol. The van der Waals surface area contributed by atoms with Crippen molar-refractivity contribution in [2.75, 3.05) is 17.4 Å². The van der Waals surface area contributed by atoms with Gasteiger partial charge in [-0.2, -0.15) is 0 Å². The Bertz CT molecular complexity index is 663. The fourth-order valence-electron chi connectivity index (χ4n) is 1.98. The number of nitrogen functional groups attached to an aromatic ring is 1. The van der Waals surface area contributed by atoms with Crippen LogP contribution < -0.4 is 16.2 Å². The van der Waals surface area contributed by atoms with Gasteiger partial charge in [-0.3, -0.25) is 16.0 Å². The lowest BCUT2D eigenvalue weighted by Crippen LogP contribution is -2.18. The fourth-order valence-corrected chi connectivity index (χ4v) is 1.98. The Morgan fingerprint density at radius 3 is 2.67 bits per heavy atom. The highest BCUT2D eigenvalue weighted by molar-refractivity contribution is 5.64. The van der Waals surface area contributed by atoms with Crippen LogP contribution in [0.4, 0.5) is 21.5 Å². The fraction of sp³-hybridized carbons (Fsp3) is 0.143. The molecule has 0 bridgehead atoms. The smallest absolute Gasteiger partial charge is 0.273 e. The number of nitrogens with one attached hydrogen (secondary N) is 1. The third-order valence-corrected chi connectivity index (χ3v) is 3.09. The maximum atomic E-state index is 13.7. The molecular formula is C14H15FN4O2. The van der Waals surface area contributed by atoms with Gasteiger partial charge >= 0.3 is 0 Å². The van der Waals surface area contributed by atoms with Gasteiger partial charge in [0.15, 0.2) is 0 Å². The molecule has 0 atom stereocenters. The molecule has 0 heterocycles. The minimum atomic E-state index is -0.499. The van der Waals surface area contributed by atoms with E-state index in [4.69, 9.17) is 5.84 Å². The number of halogens is 1. The number of hydrogen-bond acceptors (Lipinski definition) is 5. The van der Waals surface area contributed by atoms with E-state index in [-0.39, 0.29) is 18.0 Å². The molecule has 0 saturated carbocycles. The second-order valence-corrected chi connectivity index (χ2v) is 4.59. The summed E-state index contributed by atoms with van der Waals surface area (Å²) in [7, 11) is 1.73. The van der Waals surface area contributed by atoms with Crippen LogP contribution in [0.2, 0.25) is 0 Å². The molecule has 0 aliphatic rings. The summed E-state index contributed by atoms with van der Waals surface area (Å²) in [5.74, 6) is 5.00. The monoisotopic (exact) mass is 290 g/mol. The minimum absolute atomic E-state index is 0.0826. The van der Waals surface area contributed by atoms with Crippen molar-refractivity contribution in [3.63, 3.8) is 0 Å². The first-order valence-corrected chi connectivity index (χ1v) is 6.22. The van der Waals surface area contributed by atoms with Crippen molar-refractivity contribution in [1.29, 1.82) is 0 Å². The molecule has 7 heteroatoms. The molecule has 0 aliphatic carbocycles. The molecule has 0 aliphatic heterocycles. The quantitative estimate of drug-likeness (QED) is 0.502. The van der Waals surface area contributed by atoms with Gasteiger partial charge in [-0.15, -0.1) is 0 Å². The predicted octanol–water partition coefficient (Wildman–Crippen LogP) is 2.66. The zero-order valence-electron chi connectivity index (χ0n) is 11.4. The first-order chi connectivity index (χ1) is 10.0. The van der Waals surface area contributed by atoms with Gasteiger partial charge in [0.1, 0.15) is 5.82 Å². The Morgan fingerprint density at radius 1 is 1.33 bits per heavy atom. The largest absolute Gasteiger partial charge is 0.370 e. The number of anilines is 2. The number of non-ortho nitro benzene ring substituents is 1. The van der Waals surface area contributed by atoms with Crippen LogP contribution in [-0.2, 0) is 6.54 Å². The third-order valence-electron chi connectivity index (χ3n) is 3.09. The lowest BCUT2D eigenvalue weighted by molar-refractivity contribution is -0.384. The van der Waals surface area contributed by atoms with Crippen molar-refractivity contribution in [1.82, 2.24) is 0 Å². The van der Waals surface area contributed by atoms with Crippen LogP contribution in [0.25, 0.3) is 0 Å².